The summed E-state index contributed by atoms with van der Waals surface area (Å²) in [4.78, 5) is 23.0. The molecule has 0 radical (unpaired) electrons. The molecule has 0 unspecified atom stereocenters. The Morgan fingerprint density at radius 3 is 2.71 bits per heavy atom. The zero-order valence-corrected chi connectivity index (χ0v) is 8.94. The highest BCUT2D eigenvalue weighted by Crippen LogP contribution is 2.18. The van der Waals surface area contributed by atoms with Crippen molar-refractivity contribution in [1.29, 1.82) is 0 Å². The maximum atomic E-state index is 11.5. The van der Waals surface area contributed by atoms with Gasteiger partial charge >= 0.3 is 5.97 Å². The minimum Gasteiger partial charge on any atom is -0.480 e. The first-order valence-corrected chi connectivity index (χ1v) is 4.52. The van der Waals surface area contributed by atoms with Gasteiger partial charge in [-0.1, -0.05) is 0 Å². The number of amides is 1. The van der Waals surface area contributed by atoms with E-state index in [0.29, 0.717) is 10.2 Å². The molecule has 0 saturated carbocycles. The van der Waals surface area contributed by atoms with Crippen molar-refractivity contribution in [2.75, 3.05) is 13.6 Å². The topological polar surface area (TPSA) is 70.8 Å². The molecule has 1 amide bonds. The molecule has 0 spiro atoms. The van der Waals surface area contributed by atoms with Crippen molar-refractivity contribution in [3.8, 4) is 0 Å². The molecular weight excluding hydrogens is 254 g/mol. The molecule has 1 heterocycles. The van der Waals surface area contributed by atoms with Crippen LogP contribution in [0.15, 0.2) is 21.4 Å². The number of carboxylic acids is 1. The molecule has 1 N–H and O–H groups in total. The Morgan fingerprint density at radius 2 is 2.29 bits per heavy atom. The van der Waals surface area contributed by atoms with Crippen molar-refractivity contribution in [2.45, 2.75) is 0 Å². The van der Waals surface area contributed by atoms with Crippen LogP contribution in [0.3, 0.4) is 0 Å². The SMILES string of the molecule is CN(CC(=O)O)C(=O)c1ccoc1Br. The predicted molar refractivity (Wildman–Crippen MR) is 51.0 cm³/mol. The summed E-state index contributed by atoms with van der Waals surface area (Å²) in [5.74, 6) is -1.45. The fraction of sp³-hybridized carbons (Fsp3) is 0.250. The molecule has 0 aliphatic rings. The lowest BCUT2D eigenvalue weighted by Gasteiger charge is -2.12. The minimum absolute atomic E-state index is 0.305. The van der Waals surface area contributed by atoms with Crippen LogP contribution >= 0.6 is 15.9 Å². The average molecular weight is 262 g/mol. The van der Waals surface area contributed by atoms with Crippen LogP contribution in [0.5, 0.6) is 0 Å². The van der Waals surface area contributed by atoms with Crippen LogP contribution in [0.1, 0.15) is 10.4 Å². The van der Waals surface area contributed by atoms with Gasteiger partial charge in [-0.05, 0) is 22.0 Å². The largest absolute Gasteiger partial charge is 0.480 e. The second kappa shape index (κ2) is 4.28. The van der Waals surface area contributed by atoms with Crippen molar-refractivity contribution >= 4 is 27.8 Å². The number of furan rings is 1. The van der Waals surface area contributed by atoms with E-state index in [1.54, 1.807) is 0 Å². The van der Waals surface area contributed by atoms with Crippen LogP contribution in [0.2, 0.25) is 0 Å². The molecule has 1 aromatic rings. The number of hydrogen-bond acceptors (Lipinski definition) is 3. The third-order valence-corrected chi connectivity index (χ3v) is 2.18. The Balaban J connectivity index is 2.76. The lowest BCUT2D eigenvalue weighted by Crippen LogP contribution is -2.31. The molecule has 1 rings (SSSR count). The molecule has 0 aliphatic carbocycles. The van der Waals surface area contributed by atoms with Crippen molar-refractivity contribution in [1.82, 2.24) is 4.90 Å². The lowest BCUT2D eigenvalue weighted by atomic mass is 10.3. The van der Waals surface area contributed by atoms with Gasteiger partial charge in [0.05, 0.1) is 11.8 Å². The number of rotatable bonds is 3. The van der Waals surface area contributed by atoms with E-state index >= 15 is 0 Å². The number of halogens is 1. The summed E-state index contributed by atoms with van der Waals surface area (Å²) in [5.41, 5.74) is 0.314. The smallest absolute Gasteiger partial charge is 0.323 e. The average Bonchev–Trinajstić information content (AvgIpc) is 2.48. The number of aliphatic carboxylic acids is 1. The highest BCUT2D eigenvalue weighted by molar-refractivity contribution is 9.10. The maximum absolute atomic E-state index is 11.5. The van der Waals surface area contributed by atoms with Crippen LogP contribution in [-0.4, -0.2) is 35.5 Å². The fourth-order valence-electron chi connectivity index (χ4n) is 0.926. The van der Waals surface area contributed by atoms with Gasteiger partial charge in [0.2, 0.25) is 0 Å². The second-order valence-corrected chi connectivity index (χ2v) is 3.38. The molecule has 76 valence electrons. The monoisotopic (exact) mass is 261 g/mol. The first-order chi connectivity index (χ1) is 6.52. The van der Waals surface area contributed by atoms with E-state index in [9.17, 15) is 9.59 Å². The summed E-state index contributed by atoms with van der Waals surface area (Å²) in [6, 6.07) is 1.48. The zero-order valence-electron chi connectivity index (χ0n) is 7.36. The van der Waals surface area contributed by atoms with E-state index in [-0.39, 0.29) is 6.54 Å². The first kappa shape index (κ1) is 10.8. The van der Waals surface area contributed by atoms with Crippen LogP contribution in [0.4, 0.5) is 0 Å². The van der Waals surface area contributed by atoms with E-state index in [4.69, 9.17) is 9.52 Å². The van der Waals surface area contributed by atoms with Crippen LogP contribution < -0.4 is 0 Å². The van der Waals surface area contributed by atoms with Gasteiger partial charge in [-0.25, -0.2) is 0 Å². The zero-order chi connectivity index (χ0) is 10.7. The summed E-state index contributed by atoms with van der Waals surface area (Å²) in [6.45, 7) is -0.337. The number of carbonyl (C=O) groups excluding carboxylic acids is 1. The number of carbonyl (C=O) groups is 2. The summed E-state index contributed by atoms with van der Waals surface area (Å²) < 4.78 is 5.17. The Bertz CT molecular complexity index is 360. The molecule has 6 heteroatoms. The van der Waals surface area contributed by atoms with Gasteiger partial charge in [-0.15, -0.1) is 0 Å². The van der Waals surface area contributed by atoms with Crippen LogP contribution in [0, 0.1) is 0 Å². The van der Waals surface area contributed by atoms with Crippen molar-refractivity contribution < 1.29 is 19.1 Å². The van der Waals surface area contributed by atoms with E-state index in [1.807, 2.05) is 0 Å². The number of likely N-dealkylation sites (N-methyl/N-ethyl adjacent to an activating group) is 1. The summed E-state index contributed by atoms with van der Waals surface area (Å²) in [6.07, 6.45) is 1.35. The molecule has 0 bridgehead atoms. The number of nitrogens with zero attached hydrogens (tertiary/aromatic N) is 1. The second-order valence-electron chi connectivity index (χ2n) is 2.66. The lowest BCUT2D eigenvalue weighted by molar-refractivity contribution is -0.137. The molecule has 5 nitrogen and oxygen atoms in total. The number of hydrogen-bond donors (Lipinski definition) is 1. The van der Waals surface area contributed by atoms with E-state index < -0.39 is 11.9 Å². The van der Waals surface area contributed by atoms with E-state index in [1.165, 1.54) is 19.4 Å². The molecule has 14 heavy (non-hydrogen) atoms. The Morgan fingerprint density at radius 1 is 1.64 bits per heavy atom. The van der Waals surface area contributed by atoms with E-state index in [0.717, 1.165) is 4.90 Å². The van der Waals surface area contributed by atoms with Gasteiger partial charge in [0.1, 0.15) is 6.54 Å². The van der Waals surface area contributed by atoms with Gasteiger partial charge in [0.25, 0.3) is 5.91 Å². The quantitative estimate of drug-likeness (QED) is 0.888. The first-order valence-electron chi connectivity index (χ1n) is 3.72. The molecule has 1 aromatic heterocycles. The molecule has 0 aromatic carbocycles. The molecule has 0 atom stereocenters. The predicted octanol–water partition coefficient (Wildman–Crippen LogP) is 1.20. The van der Waals surface area contributed by atoms with Crippen molar-refractivity contribution in [3.05, 3.63) is 22.6 Å². The highest BCUT2D eigenvalue weighted by Gasteiger charge is 2.18. The van der Waals surface area contributed by atoms with Gasteiger partial charge in [0.15, 0.2) is 4.67 Å². The Kier molecular flexibility index (Phi) is 3.29. The van der Waals surface area contributed by atoms with Gasteiger partial charge in [0, 0.05) is 7.05 Å². The third-order valence-electron chi connectivity index (χ3n) is 1.57. The van der Waals surface area contributed by atoms with Crippen LogP contribution in [0.25, 0.3) is 0 Å². The van der Waals surface area contributed by atoms with Crippen molar-refractivity contribution in [3.63, 3.8) is 0 Å². The van der Waals surface area contributed by atoms with Crippen LogP contribution in [-0.2, 0) is 4.79 Å². The third kappa shape index (κ3) is 2.35. The number of carboxylic acid groups (broad SMARTS) is 1. The maximum Gasteiger partial charge on any atom is 0.323 e. The van der Waals surface area contributed by atoms with E-state index in [2.05, 4.69) is 15.9 Å². The Labute approximate surface area is 88.4 Å². The molecular formula is C8H8BrNO4. The fourth-order valence-corrected chi connectivity index (χ4v) is 1.34. The minimum atomic E-state index is -1.06. The summed E-state index contributed by atoms with van der Waals surface area (Å²) in [5, 5.41) is 8.47. The molecule has 0 aliphatic heterocycles. The van der Waals surface area contributed by atoms with Gasteiger partial charge in [-0.3, -0.25) is 9.59 Å². The van der Waals surface area contributed by atoms with Gasteiger partial charge in [-0.2, -0.15) is 0 Å². The highest BCUT2D eigenvalue weighted by atomic mass is 79.9. The Hall–Kier alpha value is -1.30. The van der Waals surface area contributed by atoms with Gasteiger partial charge < -0.3 is 14.4 Å². The summed E-state index contributed by atoms with van der Waals surface area (Å²) in [7, 11) is 1.41. The molecule has 0 fully saturated rings. The summed E-state index contributed by atoms with van der Waals surface area (Å²) >= 11 is 3.04. The standard InChI is InChI=1S/C8H8BrNO4/c1-10(4-6(11)12)8(13)5-2-3-14-7(5)9/h2-3H,4H2,1H3,(H,11,12). The molecule has 0 saturated heterocycles. The normalized spacial score (nSPS) is 9.86. The van der Waals surface area contributed by atoms with Crippen molar-refractivity contribution in [2.24, 2.45) is 0 Å².